The molecule has 0 saturated heterocycles. The molecule has 5 nitrogen and oxygen atoms in total. The number of carbonyl (C=O) groups is 1. The average molecular weight is 281 g/mol. The van der Waals surface area contributed by atoms with Crippen LogP contribution in [0.1, 0.15) is 61.4 Å². The molecule has 0 bridgehead atoms. The zero-order chi connectivity index (χ0) is 14.5. The minimum Gasteiger partial charge on any atom is -0.475 e. The summed E-state index contributed by atoms with van der Waals surface area (Å²) in [7, 11) is 0. The summed E-state index contributed by atoms with van der Waals surface area (Å²) in [6.45, 7) is 2.71. The van der Waals surface area contributed by atoms with E-state index in [4.69, 9.17) is 9.52 Å². The highest BCUT2D eigenvalue weighted by atomic mass is 16.4. The molecule has 1 heterocycles. The predicted molar refractivity (Wildman–Crippen MR) is 74.7 cm³/mol. The molecule has 20 heavy (non-hydrogen) atoms. The van der Waals surface area contributed by atoms with Crippen molar-refractivity contribution in [1.82, 2.24) is 4.90 Å². The van der Waals surface area contributed by atoms with Gasteiger partial charge in [-0.15, -0.1) is 0 Å². The molecule has 0 aromatic carbocycles. The lowest BCUT2D eigenvalue weighted by molar-refractivity contribution is 0.0629. The molecule has 0 spiro atoms. The summed E-state index contributed by atoms with van der Waals surface area (Å²) in [4.78, 5) is 13.1. The molecule has 2 N–H and O–H groups in total. The van der Waals surface area contributed by atoms with Crippen molar-refractivity contribution >= 4 is 5.97 Å². The van der Waals surface area contributed by atoms with Gasteiger partial charge in [0, 0.05) is 12.6 Å². The fourth-order valence-electron chi connectivity index (χ4n) is 3.08. The van der Waals surface area contributed by atoms with E-state index in [0.717, 1.165) is 12.8 Å². The van der Waals surface area contributed by atoms with Crippen LogP contribution in [0.5, 0.6) is 0 Å². The van der Waals surface area contributed by atoms with Crippen LogP contribution in [0.25, 0.3) is 0 Å². The number of aliphatic hydroxyl groups is 1. The van der Waals surface area contributed by atoms with Gasteiger partial charge >= 0.3 is 5.97 Å². The Bertz CT molecular complexity index is 437. The monoisotopic (exact) mass is 281 g/mol. The van der Waals surface area contributed by atoms with E-state index >= 15 is 0 Å². The lowest BCUT2D eigenvalue weighted by Crippen LogP contribution is -2.40. The van der Waals surface area contributed by atoms with Crippen LogP contribution in [0.2, 0.25) is 0 Å². The minimum atomic E-state index is -1.05. The standard InChI is InChI=1S/C15H23NO4/c1-11(13-7-8-14(20-13)15(18)19)16(9-10-17)12-5-3-2-4-6-12/h7-8,11-12,17H,2-6,9-10H2,1H3,(H,18,19). The summed E-state index contributed by atoms with van der Waals surface area (Å²) in [6, 6.07) is 3.65. The van der Waals surface area contributed by atoms with Crippen LogP contribution < -0.4 is 0 Å². The molecule has 1 fully saturated rings. The number of hydrogen-bond acceptors (Lipinski definition) is 4. The lowest BCUT2D eigenvalue weighted by Gasteiger charge is -2.37. The van der Waals surface area contributed by atoms with Crippen molar-refractivity contribution in [3.8, 4) is 0 Å². The van der Waals surface area contributed by atoms with Gasteiger partial charge in [-0.1, -0.05) is 19.3 Å². The molecule has 112 valence electrons. The molecule has 1 aromatic heterocycles. The highest BCUT2D eigenvalue weighted by Gasteiger charge is 2.27. The molecule has 1 aliphatic rings. The van der Waals surface area contributed by atoms with Gasteiger partial charge in [-0.2, -0.15) is 0 Å². The second-order valence-corrected chi connectivity index (χ2v) is 5.44. The summed E-state index contributed by atoms with van der Waals surface area (Å²) in [5, 5.41) is 18.2. The third-order valence-corrected chi connectivity index (χ3v) is 4.15. The van der Waals surface area contributed by atoms with E-state index in [2.05, 4.69) is 4.90 Å². The molecule has 1 aromatic rings. The number of rotatable bonds is 6. The highest BCUT2D eigenvalue weighted by molar-refractivity contribution is 5.84. The molecule has 0 aliphatic heterocycles. The Kier molecular flexibility index (Phi) is 5.20. The summed E-state index contributed by atoms with van der Waals surface area (Å²) in [5.41, 5.74) is 0. The van der Waals surface area contributed by atoms with Gasteiger partial charge in [-0.25, -0.2) is 4.79 Å². The van der Waals surface area contributed by atoms with Crippen LogP contribution in [0.15, 0.2) is 16.5 Å². The van der Waals surface area contributed by atoms with E-state index in [1.54, 1.807) is 6.07 Å². The van der Waals surface area contributed by atoms with E-state index in [9.17, 15) is 9.90 Å². The molecule has 5 heteroatoms. The number of furan rings is 1. The van der Waals surface area contributed by atoms with Gasteiger partial charge in [0.2, 0.25) is 5.76 Å². The number of aliphatic hydroxyl groups excluding tert-OH is 1. The number of aromatic carboxylic acids is 1. The summed E-state index contributed by atoms with van der Waals surface area (Å²) < 4.78 is 5.40. The molecular weight excluding hydrogens is 258 g/mol. The molecule has 1 unspecified atom stereocenters. The van der Waals surface area contributed by atoms with E-state index in [-0.39, 0.29) is 18.4 Å². The fraction of sp³-hybridized carbons (Fsp3) is 0.667. The Labute approximate surface area is 119 Å². The SMILES string of the molecule is CC(c1ccc(C(=O)O)o1)N(CCO)C1CCCCC1. The van der Waals surface area contributed by atoms with Crippen molar-refractivity contribution in [2.45, 2.75) is 51.1 Å². The van der Waals surface area contributed by atoms with Crippen LogP contribution >= 0.6 is 0 Å². The van der Waals surface area contributed by atoms with Crippen molar-refractivity contribution in [3.63, 3.8) is 0 Å². The largest absolute Gasteiger partial charge is 0.475 e. The van der Waals surface area contributed by atoms with E-state index in [0.29, 0.717) is 18.3 Å². The third-order valence-electron chi connectivity index (χ3n) is 4.15. The fourth-order valence-corrected chi connectivity index (χ4v) is 3.08. The van der Waals surface area contributed by atoms with Gasteiger partial charge in [0.05, 0.1) is 12.6 Å². The summed E-state index contributed by atoms with van der Waals surface area (Å²) in [5.74, 6) is -0.421. The first kappa shape index (κ1) is 15.1. The van der Waals surface area contributed by atoms with E-state index in [1.807, 2.05) is 6.92 Å². The van der Waals surface area contributed by atoms with Gasteiger partial charge in [-0.05, 0) is 31.9 Å². The second-order valence-electron chi connectivity index (χ2n) is 5.44. The maximum atomic E-state index is 10.9. The first-order valence-electron chi connectivity index (χ1n) is 7.33. The van der Waals surface area contributed by atoms with Crippen LogP contribution in [-0.4, -0.2) is 40.3 Å². The van der Waals surface area contributed by atoms with Crippen LogP contribution in [0, 0.1) is 0 Å². The number of carboxylic acids is 1. The zero-order valence-electron chi connectivity index (χ0n) is 11.9. The minimum absolute atomic E-state index is 0.0154. The Morgan fingerprint density at radius 3 is 2.65 bits per heavy atom. The smallest absolute Gasteiger partial charge is 0.371 e. The van der Waals surface area contributed by atoms with Gasteiger partial charge in [-0.3, -0.25) is 4.90 Å². The van der Waals surface area contributed by atoms with Crippen LogP contribution in [0.4, 0.5) is 0 Å². The van der Waals surface area contributed by atoms with Crippen molar-refractivity contribution in [3.05, 3.63) is 23.7 Å². The number of hydrogen-bond donors (Lipinski definition) is 2. The molecule has 1 saturated carbocycles. The van der Waals surface area contributed by atoms with Gasteiger partial charge < -0.3 is 14.6 Å². The Hall–Kier alpha value is -1.33. The molecular formula is C15H23NO4. The zero-order valence-corrected chi connectivity index (χ0v) is 11.9. The van der Waals surface area contributed by atoms with Gasteiger partial charge in [0.1, 0.15) is 5.76 Å². The maximum absolute atomic E-state index is 10.9. The average Bonchev–Trinajstić information content (AvgIpc) is 2.95. The van der Waals surface area contributed by atoms with Crippen LogP contribution in [0.3, 0.4) is 0 Å². The maximum Gasteiger partial charge on any atom is 0.371 e. The first-order valence-corrected chi connectivity index (χ1v) is 7.33. The number of carboxylic acid groups (broad SMARTS) is 1. The van der Waals surface area contributed by atoms with Crippen LogP contribution in [-0.2, 0) is 0 Å². The lowest BCUT2D eigenvalue weighted by atomic mass is 9.93. The van der Waals surface area contributed by atoms with Gasteiger partial charge in [0.15, 0.2) is 0 Å². The number of nitrogens with zero attached hydrogens (tertiary/aromatic N) is 1. The Morgan fingerprint density at radius 1 is 1.40 bits per heavy atom. The summed E-state index contributed by atoms with van der Waals surface area (Å²) >= 11 is 0. The third kappa shape index (κ3) is 3.41. The molecule has 1 aliphatic carbocycles. The first-order chi connectivity index (χ1) is 9.63. The van der Waals surface area contributed by atoms with Crippen molar-refractivity contribution in [1.29, 1.82) is 0 Å². The second kappa shape index (κ2) is 6.90. The van der Waals surface area contributed by atoms with E-state index in [1.165, 1.54) is 25.3 Å². The van der Waals surface area contributed by atoms with Gasteiger partial charge in [0.25, 0.3) is 0 Å². The molecule has 2 rings (SSSR count). The van der Waals surface area contributed by atoms with Crippen molar-refractivity contribution < 1.29 is 19.4 Å². The topological polar surface area (TPSA) is 73.9 Å². The highest BCUT2D eigenvalue weighted by Crippen LogP contribution is 2.30. The molecule has 0 amide bonds. The summed E-state index contributed by atoms with van der Waals surface area (Å²) in [6.07, 6.45) is 5.99. The molecule has 1 atom stereocenters. The van der Waals surface area contributed by atoms with Crippen molar-refractivity contribution in [2.75, 3.05) is 13.2 Å². The Balaban J connectivity index is 2.11. The Morgan fingerprint density at radius 2 is 2.10 bits per heavy atom. The normalized spacial score (nSPS) is 18.4. The molecule has 0 radical (unpaired) electrons. The quantitative estimate of drug-likeness (QED) is 0.838. The van der Waals surface area contributed by atoms with E-state index < -0.39 is 5.97 Å². The van der Waals surface area contributed by atoms with Crippen molar-refractivity contribution in [2.24, 2.45) is 0 Å². The predicted octanol–water partition coefficient (Wildman–Crippen LogP) is 2.67.